The van der Waals surface area contributed by atoms with Crippen LogP contribution in [0.4, 0.5) is 0 Å². The summed E-state index contributed by atoms with van der Waals surface area (Å²) in [5.41, 5.74) is 0.557. The predicted molar refractivity (Wildman–Crippen MR) is 80.1 cm³/mol. The van der Waals surface area contributed by atoms with Crippen LogP contribution in [0.1, 0.15) is 17.3 Å². The Morgan fingerprint density at radius 1 is 1.40 bits per heavy atom. The topological polar surface area (TPSA) is 56.3 Å². The first-order valence-corrected chi connectivity index (χ1v) is 8.06. The molecule has 1 heterocycles. The second kappa shape index (κ2) is 6.08. The molecule has 7 heteroatoms. The first-order chi connectivity index (χ1) is 9.45. The third-order valence-electron chi connectivity index (χ3n) is 2.60. The van der Waals surface area contributed by atoms with Gasteiger partial charge in [0.05, 0.1) is 27.9 Å². The molecule has 106 valence electrons. The zero-order valence-corrected chi connectivity index (χ0v) is 13.1. The quantitative estimate of drug-likeness (QED) is 0.808. The molecule has 20 heavy (non-hydrogen) atoms. The number of nitrogens with zero attached hydrogens (tertiary/aromatic N) is 1. The van der Waals surface area contributed by atoms with Crippen LogP contribution in [0, 0.1) is 0 Å². The number of rotatable bonds is 3. The molecule has 1 unspecified atom stereocenters. The number of hydrogen-bond donors (Lipinski definition) is 0. The maximum Gasteiger partial charge on any atom is 0.342 e. The van der Waals surface area contributed by atoms with E-state index in [2.05, 4.69) is 4.98 Å². The van der Waals surface area contributed by atoms with Crippen LogP contribution in [-0.4, -0.2) is 28.0 Å². The lowest BCUT2D eigenvalue weighted by atomic mass is 10.1. The molecule has 0 aliphatic rings. The monoisotopic (exact) mass is 331 g/mol. The van der Waals surface area contributed by atoms with Crippen molar-refractivity contribution < 1.29 is 13.7 Å². The molecule has 1 aromatic heterocycles. The van der Waals surface area contributed by atoms with Gasteiger partial charge in [0.2, 0.25) is 0 Å². The van der Waals surface area contributed by atoms with Gasteiger partial charge in [-0.25, -0.2) is 9.78 Å². The molecule has 0 aliphatic carbocycles. The third-order valence-corrected chi connectivity index (χ3v) is 4.07. The summed E-state index contributed by atoms with van der Waals surface area (Å²) >= 11 is 12.2. The van der Waals surface area contributed by atoms with Gasteiger partial charge in [-0.05, 0) is 25.1 Å². The maximum atomic E-state index is 12.0. The van der Waals surface area contributed by atoms with Gasteiger partial charge in [-0.1, -0.05) is 23.2 Å². The Kier molecular flexibility index (Phi) is 4.62. The summed E-state index contributed by atoms with van der Waals surface area (Å²) in [7, 11) is -1.47. The van der Waals surface area contributed by atoms with Crippen molar-refractivity contribution in [1.82, 2.24) is 4.98 Å². The minimum Gasteiger partial charge on any atom is -0.462 e. The number of carbonyl (C=O) groups is 1. The highest BCUT2D eigenvalue weighted by atomic mass is 35.5. The van der Waals surface area contributed by atoms with Crippen LogP contribution in [0.2, 0.25) is 10.0 Å². The normalized spacial score (nSPS) is 12.4. The Balaban J connectivity index is 2.81. The Labute approximate surface area is 128 Å². The molecule has 2 rings (SSSR count). The lowest BCUT2D eigenvalue weighted by Crippen LogP contribution is -2.11. The van der Waals surface area contributed by atoms with E-state index in [1.54, 1.807) is 25.1 Å². The number of benzene rings is 1. The second-order valence-electron chi connectivity index (χ2n) is 3.94. The number of ether oxygens (including phenoxy) is 1. The van der Waals surface area contributed by atoms with Crippen LogP contribution in [0.5, 0.6) is 0 Å². The highest BCUT2D eigenvalue weighted by Crippen LogP contribution is 2.32. The summed E-state index contributed by atoms with van der Waals surface area (Å²) in [6.45, 7) is 1.87. The summed E-state index contributed by atoms with van der Waals surface area (Å²) in [5.74, 6) is -0.642. The fourth-order valence-corrected chi connectivity index (χ4v) is 3.01. The number of halogens is 2. The average Bonchev–Trinajstić information content (AvgIpc) is 2.39. The number of esters is 1. The van der Waals surface area contributed by atoms with Crippen LogP contribution in [-0.2, 0) is 15.5 Å². The third kappa shape index (κ3) is 2.80. The average molecular weight is 332 g/mol. The Hall–Kier alpha value is -1.17. The predicted octanol–water partition coefficient (Wildman–Crippen LogP) is 3.46. The summed E-state index contributed by atoms with van der Waals surface area (Å²) in [4.78, 5) is 16.2. The lowest BCUT2D eigenvalue weighted by molar-refractivity contribution is 0.0521. The highest BCUT2D eigenvalue weighted by Gasteiger charge is 2.23. The Morgan fingerprint density at radius 3 is 2.70 bits per heavy atom. The van der Waals surface area contributed by atoms with E-state index in [4.69, 9.17) is 27.9 Å². The van der Waals surface area contributed by atoms with E-state index in [9.17, 15) is 9.00 Å². The Morgan fingerprint density at radius 2 is 2.10 bits per heavy atom. The van der Waals surface area contributed by atoms with Crippen molar-refractivity contribution in [3.63, 3.8) is 0 Å². The molecule has 4 nitrogen and oxygen atoms in total. The summed E-state index contributed by atoms with van der Waals surface area (Å²) in [5, 5.41) is 1.27. The molecule has 0 saturated carbocycles. The second-order valence-corrected chi connectivity index (χ2v) is 6.05. The smallest absolute Gasteiger partial charge is 0.342 e. The SMILES string of the molecule is CCOC(=O)c1c(S(C)=O)nc2ccc(Cl)cc2c1Cl. The molecule has 0 amide bonds. The number of aromatic nitrogens is 1. The van der Waals surface area contributed by atoms with Crippen molar-refractivity contribution in [2.45, 2.75) is 11.9 Å². The van der Waals surface area contributed by atoms with Gasteiger partial charge in [-0.15, -0.1) is 0 Å². The molecule has 0 N–H and O–H groups in total. The fraction of sp³-hybridized carbons (Fsp3) is 0.231. The van der Waals surface area contributed by atoms with Crippen molar-refractivity contribution in [2.24, 2.45) is 0 Å². The molecule has 0 fully saturated rings. The van der Waals surface area contributed by atoms with Crippen LogP contribution < -0.4 is 0 Å². The fourth-order valence-electron chi connectivity index (χ4n) is 1.76. The van der Waals surface area contributed by atoms with Gasteiger partial charge >= 0.3 is 5.97 Å². The zero-order chi connectivity index (χ0) is 14.9. The van der Waals surface area contributed by atoms with Gasteiger partial charge in [-0.2, -0.15) is 0 Å². The molecule has 1 atom stereocenters. The number of carbonyl (C=O) groups excluding carboxylic acids is 1. The standard InChI is InChI=1S/C13H11Cl2NO3S/c1-3-19-13(17)10-11(15)8-6-7(14)4-5-9(8)16-12(10)20(2)18/h4-6H,3H2,1-2H3. The van der Waals surface area contributed by atoms with Gasteiger partial charge < -0.3 is 4.74 Å². The largest absolute Gasteiger partial charge is 0.462 e. The van der Waals surface area contributed by atoms with E-state index in [0.717, 1.165) is 0 Å². The van der Waals surface area contributed by atoms with Crippen molar-refractivity contribution in [3.05, 3.63) is 33.8 Å². The van der Waals surface area contributed by atoms with Crippen LogP contribution in [0.3, 0.4) is 0 Å². The van der Waals surface area contributed by atoms with Gasteiger partial charge in [0.25, 0.3) is 0 Å². The van der Waals surface area contributed by atoms with Crippen LogP contribution >= 0.6 is 23.2 Å². The van der Waals surface area contributed by atoms with Crippen LogP contribution in [0.25, 0.3) is 10.9 Å². The lowest BCUT2D eigenvalue weighted by Gasteiger charge is -2.11. The summed E-state index contributed by atoms with van der Waals surface area (Å²) in [6.07, 6.45) is 1.43. The van der Waals surface area contributed by atoms with Crippen molar-refractivity contribution in [2.75, 3.05) is 12.9 Å². The molecule has 1 aromatic carbocycles. The molecule has 0 aliphatic heterocycles. The molecule has 2 aromatic rings. The van der Waals surface area contributed by atoms with Gasteiger partial charge in [0.1, 0.15) is 10.6 Å². The van der Waals surface area contributed by atoms with Crippen molar-refractivity contribution in [3.8, 4) is 0 Å². The van der Waals surface area contributed by atoms with E-state index >= 15 is 0 Å². The van der Waals surface area contributed by atoms with Crippen LogP contribution in [0.15, 0.2) is 23.2 Å². The zero-order valence-electron chi connectivity index (χ0n) is 10.8. The minimum atomic E-state index is -1.47. The first-order valence-electron chi connectivity index (χ1n) is 5.75. The van der Waals surface area contributed by atoms with Gasteiger partial charge in [-0.3, -0.25) is 4.21 Å². The van der Waals surface area contributed by atoms with E-state index in [1.165, 1.54) is 6.26 Å². The van der Waals surface area contributed by atoms with Crippen molar-refractivity contribution >= 4 is 50.9 Å². The van der Waals surface area contributed by atoms with Crippen molar-refractivity contribution in [1.29, 1.82) is 0 Å². The van der Waals surface area contributed by atoms with E-state index in [-0.39, 0.29) is 22.2 Å². The minimum absolute atomic E-state index is 0.0316. The number of fused-ring (bicyclic) bond motifs is 1. The molecule has 0 spiro atoms. The first kappa shape index (κ1) is 15.2. The van der Waals surface area contributed by atoms with E-state index in [0.29, 0.717) is 15.9 Å². The summed E-state index contributed by atoms with van der Waals surface area (Å²) < 4.78 is 16.7. The molecule has 0 saturated heterocycles. The van der Waals surface area contributed by atoms with E-state index in [1.807, 2.05) is 0 Å². The molecule has 0 radical (unpaired) electrons. The number of hydrogen-bond acceptors (Lipinski definition) is 4. The van der Waals surface area contributed by atoms with E-state index < -0.39 is 16.8 Å². The molecular weight excluding hydrogens is 321 g/mol. The molecular formula is C13H11Cl2NO3S. The van der Waals surface area contributed by atoms with Gasteiger partial charge in [0.15, 0.2) is 0 Å². The maximum absolute atomic E-state index is 12.0. The molecule has 0 bridgehead atoms. The number of pyridine rings is 1. The van der Waals surface area contributed by atoms with Gasteiger partial charge in [0, 0.05) is 16.7 Å². The highest BCUT2D eigenvalue weighted by molar-refractivity contribution is 7.84. The Bertz CT molecular complexity index is 718. The summed E-state index contributed by atoms with van der Waals surface area (Å²) in [6, 6.07) is 4.92.